The van der Waals surface area contributed by atoms with E-state index in [-0.39, 0.29) is 11.6 Å². The quantitative estimate of drug-likeness (QED) is 0.582. The molecule has 3 N–H and O–H groups in total. The second-order valence-corrected chi connectivity index (χ2v) is 8.32. The standard InChI is InChI=1S/C23H25FN4O3/c1-29-21-7-17-19(8-22(21)30-11-13-4-14-9-26-10-15(14)5-13)27-12-28-23(17)31-20-3-2-16(25)6-18(20)24/h2-3,6-8,12-15,26H,4-5,9-11,25H2,1H3. The van der Waals surface area contributed by atoms with E-state index in [0.29, 0.717) is 40.6 Å². The molecule has 2 aliphatic rings. The number of ether oxygens (including phenoxy) is 3. The third-order valence-corrected chi connectivity index (χ3v) is 6.27. The van der Waals surface area contributed by atoms with Crippen LogP contribution in [0.15, 0.2) is 36.7 Å². The highest BCUT2D eigenvalue weighted by molar-refractivity contribution is 5.87. The van der Waals surface area contributed by atoms with E-state index >= 15 is 0 Å². The normalized spacial score (nSPS) is 22.5. The third-order valence-electron chi connectivity index (χ3n) is 6.27. The molecule has 7 nitrogen and oxygen atoms in total. The molecule has 0 bridgehead atoms. The van der Waals surface area contributed by atoms with Crippen LogP contribution in [0.4, 0.5) is 10.1 Å². The molecular formula is C23H25FN4O3. The molecule has 1 aromatic heterocycles. The maximum atomic E-state index is 14.2. The van der Waals surface area contributed by atoms with Crippen LogP contribution < -0.4 is 25.3 Å². The molecule has 162 valence electrons. The first-order valence-corrected chi connectivity index (χ1v) is 10.5. The monoisotopic (exact) mass is 424 g/mol. The summed E-state index contributed by atoms with van der Waals surface area (Å²) >= 11 is 0. The number of nitrogens with two attached hydrogens (primary N) is 1. The highest BCUT2D eigenvalue weighted by atomic mass is 19.1. The number of aromatic nitrogens is 2. The van der Waals surface area contributed by atoms with Crippen LogP contribution in [0.3, 0.4) is 0 Å². The number of nitrogens with one attached hydrogen (secondary N) is 1. The first kappa shape index (κ1) is 19.8. The molecule has 2 heterocycles. The molecule has 5 rings (SSSR count). The number of nitrogen functional groups attached to an aromatic ring is 1. The number of halogens is 1. The van der Waals surface area contributed by atoms with E-state index in [1.165, 1.54) is 31.3 Å². The number of nitrogens with zero attached hydrogens (tertiary/aromatic N) is 2. The molecule has 2 atom stereocenters. The maximum absolute atomic E-state index is 14.2. The summed E-state index contributed by atoms with van der Waals surface area (Å²) in [4.78, 5) is 8.51. The van der Waals surface area contributed by atoms with Gasteiger partial charge >= 0.3 is 0 Å². The number of anilines is 1. The van der Waals surface area contributed by atoms with Crippen LogP contribution in [0.1, 0.15) is 12.8 Å². The topological polar surface area (TPSA) is 91.5 Å². The summed E-state index contributed by atoms with van der Waals surface area (Å²) in [6, 6.07) is 7.84. The van der Waals surface area contributed by atoms with Crippen molar-refractivity contribution in [3.8, 4) is 23.1 Å². The van der Waals surface area contributed by atoms with Crippen molar-refractivity contribution >= 4 is 16.6 Å². The summed E-state index contributed by atoms with van der Waals surface area (Å²) in [5.74, 6) is 3.00. The molecule has 0 spiro atoms. The molecule has 31 heavy (non-hydrogen) atoms. The van der Waals surface area contributed by atoms with Gasteiger partial charge in [0.1, 0.15) is 6.33 Å². The first-order valence-electron chi connectivity index (χ1n) is 10.5. The summed E-state index contributed by atoms with van der Waals surface area (Å²) in [7, 11) is 1.59. The third kappa shape index (κ3) is 3.95. The van der Waals surface area contributed by atoms with E-state index in [9.17, 15) is 4.39 Å². The summed E-state index contributed by atoms with van der Waals surface area (Å²) in [6.07, 6.45) is 3.77. The van der Waals surface area contributed by atoms with E-state index in [1.807, 2.05) is 6.07 Å². The Morgan fingerprint density at radius 1 is 1.06 bits per heavy atom. The Labute approximate surface area is 179 Å². The molecule has 3 aromatic rings. The van der Waals surface area contributed by atoms with Crippen LogP contribution in [0.2, 0.25) is 0 Å². The molecule has 1 aliphatic heterocycles. The van der Waals surface area contributed by atoms with Crippen LogP contribution in [0.5, 0.6) is 23.1 Å². The molecule has 2 unspecified atom stereocenters. The Hall–Kier alpha value is -3.13. The number of hydrogen-bond donors (Lipinski definition) is 2. The second-order valence-electron chi connectivity index (χ2n) is 8.32. The fraction of sp³-hybridized carbons (Fsp3) is 0.391. The average Bonchev–Trinajstić information content (AvgIpc) is 3.35. The molecule has 2 fully saturated rings. The van der Waals surface area contributed by atoms with Crippen molar-refractivity contribution in [3.63, 3.8) is 0 Å². The number of benzene rings is 2. The van der Waals surface area contributed by atoms with Gasteiger partial charge in [0, 0.05) is 17.8 Å². The highest BCUT2D eigenvalue weighted by Gasteiger charge is 2.37. The fourth-order valence-corrected chi connectivity index (χ4v) is 4.73. The number of rotatable bonds is 6. The molecule has 2 aromatic carbocycles. The van der Waals surface area contributed by atoms with Crippen molar-refractivity contribution in [1.29, 1.82) is 0 Å². The van der Waals surface area contributed by atoms with Gasteiger partial charge in [-0.3, -0.25) is 0 Å². The van der Waals surface area contributed by atoms with Gasteiger partial charge in [0.25, 0.3) is 0 Å². The van der Waals surface area contributed by atoms with E-state index in [2.05, 4.69) is 15.3 Å². The average molecular weight is 424 g/mol. The summed E-state index contributed by atoms with van der Waals surface area (Å²) < 4.78 is 31.6. The van der Waals surface area contributed by atoms with Crippen molar-refractivity contribution in [2.75, 3.05) is 32.5 Å². The molecule has 1 aliphatic carbocycles. The van der Waals surface area contributed by atoms with Gasteiger partial charge in [0.15, 0.2) is 23.1 Å². The smallest absolute Gasteiger partial charge is 0.230 e. The lowest BCUT2D eigenvalue weighted by Crippen LogP contribution is -2.15. The number of fused-ring (bicyclic) bond motifs is 2. The van der Waals surface area contributed by atoms with Gasteiger partial charge in [-0.25, -0.2) is 14.4 Å². The lowest BCUT2D eigenvalue weighted by atomic mass is 10.0. The van der Waals surface area contributed by atoms with Crippen LogP contribution in [0.25, 0.3) is 10.9 Å². The zero-order valence-corrected chi connectivity index (χ0v) is 17.3. The minimum Gasteiger partial charge on any atom is -0.493 e. The number of hydrogen-bond acceptors (Lipinski definition) is 7. The van der Waals surface area contributed by atoms with Gasteiger partial charge < -0.3 is 25.3 Å². The van der Waals surface area contributed by atoms with E-state index in [1.54, 1.807) is 19.2 Å². The zero-order chi connectivity index (χ0) is 21.4. The second kappa shape index (κ2) is 8.19. The maximum Gasteiger partial charge on any atom is 0.230 e. The number of methoxy groups -OCH3 is 1. The molecule has 0 amide bonds. The van der Waals surface area contributed by atoms with Crippen LogP contribution in [0, 0.1) is 23.6 Å². The van der Waals surface area contributed by atoms with Gasteiger partial charge in [0.05, 0.1) is 24.6 Å². The van der Waals surface area contributed by atoms with Crippen LogP contribution in [-0.4, -0.2) is 36.8 Å². The first-order chi connectivity index (χ1) is 15.1. The Kier molecular flexibility index (Phi) is 5.23. The molecule has 1 saturated heterocycles. The van der Waals surface area contributed by atoms with Crippen molar-refractivity contribution in [2.24, 2.45) is 17.8 Å². The molecular weight excluding hydrogens is 399 g/mol. The highest BCUT2D eigenvalue weighted by Crippen LogP contribution is 2.40. The summed E-state index contributed by atoms with van der Waals surface area (Å²) in [5, 5.41) is 4.07. The fourth-order valence-electron chi connectivity index (χ4n) is 4.73. The summed E-state index contributed by atoms with van der Waals surface area (Å²) in [5.41, 5.74) is 6.56. The molecule has 0 radical (unpaired) electrons. The van der Waals surface area contributed by atoms with Gasteiger partial charge in [0.2, 0.25) is 5.88 Å². The lowest BCUT2D eigenvalue weighted by molar-refractivity contribution is 0.234. The molecule has 8 heteroatoms. The predicted molar refractivity (Wildman–Crippen MR) is 115 cm³/mol. The van der Waals surface area contributed by atoms with Crippen LogP contribution >= 0.6 is 0 Å². The zero-order valence-electron chi connectivity index (χ0n) is 17.3. The minimum atomic E-state index is -0.560. The SMILES string of the molecule is COc1cc2c(Oc3ccc(N)cc3F)ncnc2cc1OCC1CC2CNCC2C1. The van der Waals surface area contributed by atoms with Crippen LogP contribution in [-0.2, 0) is 0 Å². The van der Waals surface area contributed by atoms with Crippen molar-refractivity contribution in [2.45, 2.75) is 12.8 Å². The van der Waals surface area contributed by atoms with Crippen molar-refractivity contribution in [3.05, 3.63) is 42.5 Å². The molecule has 1 saturated carbocycles. The van der Waals surface area contributed by atoms with Crippen molar-refractivity contribution in [1.82, 2.24) is 15.3 Å². The van der Waals surface area contributed by atoms with E-state index in [0.717, 1.165) is 24.9 Å². The summed E-state index contributed by atoms with van der Waals surface area (Å²) in [6.45, 7) is 2.89. The Morgan fingerprint density at radius 2 is 1.87 bits per heavy atom. The Bertz CT molecular complexity index is 1100. The van der Waals surface area contributed by atoms with Gasteiger partial charge in [-0.1, -0.05) is 0 Å². The van der Waals surface area contributed by atoms with Gasteiger partial charge in [-0.15, -0.1) is 0 Å². The van der Waals surface area contributed by atoms with Crippen molar-refractivity contribution < 1.29 is 18.6 Å². The van der Waals surface area contributed by atoms with Gasteiger partial charge in [-0.2, -0.15) is 0 Å². The largest absolute Gasteiger partial charge is 0.493 e. The predicted octanol–water partition coefficient (Wildman–Crippen LogP) is 3.78. The minimum absolute atomic E-state index is 0.0368. The van der Waals surface area contributed by atoms with E-state index < -0.39 is 5.82 Å². The Balaban J connectivity index is 1.38. The lowest BCUT2D eigenvalue weighted by Gasteiger charge is -2.16. The van der Waals surface area contributed by atoms with Gasteiger partial charge in [-0.05, 0) is 61.9 Å². The van der Waals surface area contributed by atoms with E-state index in [4.69, 9.17) is 19.9 Å². The Morgan fingerprint density at radius 3 is 2.61 bits per heavy atom.